The quantitative estimate of drug-likeness (QED) is 0.823. The van der Waals surface area contributed by atoms with Crippen molar-refractivity contribution in [3.05, 3.63) is 41.6 Å². The van der Waals surface area contributed by atoms with Crippen molar-refractivity contribution < 1.29 is 4.79 Å². The van der Waals surface area contributed by atoms with E-state index in [4.69, 9.17) is 0 Å². The molecule has 100 valence electrons. The van der Waals surface area contributed by atoms with E-state index in [1.165, 1.54) is 30.5 Å². The molecule has 1 aromatic rings. The normalized spacial score (nSPS) is 19.3. The highest BCUT2D eigenvalue weighted by molar-refractivity contribution is 5.86. The molecule has 2 aliphatic carbocycles. The van der Waals surface area contributed by atoms with Crippen LogP contribution < -0.4 is 5.32 Å². The maximum atomic E-state index is 12.3. The molecular weight excluding hydrogens is 234 g/mol. The molecular formula is C17H21NO. The van der Waals surface area contributed by atoms with E-state index in [-0.39, 0.29) is 5.92 Å². The molecule has 0 bridgehead atoms. The number of nitrogens with one attached hydrogen (secondary N) is 1. The number of anilines is 1. The predicted molar refractivity (Wildman–Crippen MR) is 78.1 cm³/mol. The van der Waals surface area contributed by atoms with Gasteiger partial charge in [-0.25, -0.2) is 0 Å². The Labute approximate surface area is 114 Å². The molecule has 0 spiro atoms. The van der Waals surface area contributed by atoms with Gasteiger partial charge in [-0.05, 0) is 36.5 Å². The number of hydrogen-bond acceptors (Lipinski definition) is 2. The van der Waals surface area contributed by atoms with E-state index >= 15 is 0 Å². The fourth-order valence-electron chi connectivity index (χ4n) is 2.86. The summed E-state index contributed by atoms with van der Waals surface area (Å²) in [4.78, 5) is 12.3. The molecule has 0 amide bonds. The molecule has 1 aromatic carbocycles. The van der Waals surface area contributed by atoms with E-state index in [1.54, 1.807) is 0 Å². The van der Waals surface area contributed by atoms with Gasteiger partial charge in [-0.1, -0.05) is 31.6 Å². The van der Waals surface area contributed by atoms with E-state index in [0.29, 0.717) is 18.1 Å². The van der Waals surface area contributed by atoms with E-state index in [2.05, 4.69) is 35.7 Å². The molecule has 0 heterocycles. The molecule has 0 saturated heterocycles. The second-order valence-corrected chi connectivity index (χ2v) is 5.67. The van der Waals surface area contributed by atoms with Crippen molar-refractivity contribution in [1.29, 1.82) is 0 Å². The minimum absolute atomic E-state index is 0.119. The summed E-state index contributed by atoms with van der Waals surface area (Å²) in [6.45, 7) is 1.98. The number of Topliss-reactive ketones (excluding diaryl/α,β-unsaturated/α-hetero) is 1. The zero-order valence-corrected chi connectivity index (χ0v) is 11.5. The lowest BCUT2D eigenvalue weighted by Gasteiger charge is -2.33. The summed E-state index contributed by atoms with van der Waals surface area (Å²) in [7, 11) is 0. The number of rotatable bonds is 6. The van der Waals surface area contributed by atoms with Crippen LogP contribution in [0.3, 0.4) is 0 Å². The van der Waals surface area contributed by atoms with Gasteiger partial charge < -0.3 is 5.32 Å². The average molecular weight is 255 g/mol. The van der Waals surface area contributed by atoms with Crippen molar-refractivity contribution in [3.8, 4) is 0 Å². The fourth-order valence-corrected chi connectivity index (χ4v) is 2.86. The first kappa shape index (κ1) is 12.5. The van der Waals surface area contributed by atoms with Crippen LogP contribution in [0.25, 0.3) is 0 Å². The summed E-state index contributed by atoms with van der Waals surface area (Å²) in [5.41, 5.74) is 3.61. The lowest BCUT2D eigenvalue weighted by Crippen LogP contribution is -2.26. The van der Waals surface area contributed by atoms with E-state index in [0.717, 1.165) is 12.1 Å². The maximum Gasteiger partial charge on any atom is 0.140 e. The van der Waals surface area contributed by atoms with Gasteiger partial charge in [0.1, 0.15) is 5.78 Å². The van der Waals surface area contributed by atoms with Crippen LogP contribution in [-0.4, -0.2) is 5.78 Å². The van der Waals surface area contributed by atoms with Crippen LogP contribution in [0.15, 0.2) is 36.0 Å². The number of allylic oxidation sites excluding steroid dienone is 2. The lowest BCUT2D eigenvalue weighted by molar-refractivity contribution is -0.122. The Morgan fingerprint density at radius 2 is 2.21 bits per heavy atom. The predicted octanol–water partition coefficient (Wildman–Crippen LogP) is 4.25. The third kappa shape index (κ3) is 2.73. The molecule has 1 fully saturated rings. The summed E-state index contributed by atoms with van der Waals surface area (Å²) in [5, 5.41) is 3.39. The Bertz CT molecular complexity index is 514. The monoisotopic (exact) mass is 255 g/mol. The minimum Gasteiger partial charge on any atom is -0.359 e. The third-order valence-corrected chi connectivity index (χ3v) is 4.28. The van der Waals surface area contributed by atoms with Crippen molar-refractivity contribution in [2.75, 3.05) is 5.32 Å². The maximum absolute atomic E-state index is 12.3. The Morgan fingerprint density at radius 3 is 2.79 bits per heavy atom. The number of carbonyl (C=O) groups is 1. The SMILES string of the molecule is CCC(=O)C(c1cccc(NC2=CC2)c1)C1CCC1. The van der Waals surface area contributed by atoms with Gasteiger partial charge in [0.15, 0.2) is 0 Å². The van der Waals surface area contributed by atoms with Gasteiger partial charge in [0.25, 0.3) is 0 Å². The summed E-state index contributed by atoms with van der Waals surface area (Å²) in [5.74, 6) is 1.09. The Morgan fingerprint density at radius 1 is 1.42 bits per heavy atom. The van der Waals surface area contributed by atoms with E-state index < -0.39 is 0 Å². The second kappa shape index (κ2) is 5.20. The molecule has 3 rings (SSSR count). The Hall–Kier alpha value is -1.57. The summed E-state index contributed by atoms with van der Waals surface area (Å²) in [6.07, 6.45) is 7.59. The van der Waals surface area contributed by atoms with Crippen molar-refractivity contribution in [2.45, 2.75) is 44.9 Å². The average Bonchev–Trinajstić information content (AvgIpc) is 3.17. The van der Waals surface area contributed by atoms with Crippen LogP contribution in [-0.2, 0) is 4.79 Å². The molecule has 19 heavy (non-hydrogen) atoms. The van der Waals surface area contributed by atoms with Crippen LogP contribution in [0.4, 0.5) is 5.69 Å². The minimum atomic E-state index is 0.119. The van der Waals surface area contributed by atoms with Gasteiger partial charge in [0, 0.05) is 30.1 Å². The third-order valence-electron chi connectivity index (χ3n) is 4.28. The van der Waals surface area contributed by atoms with Crippen molar-refractivity contribution in [1.82, 2.24) is 0 Å². The zero-order valence-electron chi connectivity index (χ0n) is 11.5. The molecule has 1 atom stereocenters. The van der Waals surface area contributed by atoms with E-state index in [1.807, 2.05) is 6.92 Å². The van der Waals surface area contributed by atoms with Crippen LogP contribution in [0.1, 0.15) is 50.5 Å². The Kier molecular flexibility index (Phi) is 3.41. The van der Waals surface area contributed by atoms with Gasteiger partial charge in [-0.15, -0.1) is 0 Å². The number of hydrogen-bond donors (Lipinski definition) is 1. The molecule has 0 radical (unpaired) electrons. The molecule has 1 unspecified atom stereocenters. The van der Waals surface area contributed by atoms with Crippen LogP contribution in [0.2, 0.25) is 0 Å². The summed E-state index contributed by atoms with van der Waals surface area (Å²) in [6, 6.07) is 8.42. The fraction of sp³-hybridized carbons (Fsp3) is 0.471. The second-order valence-electron chi connectivity index (χ2n) is 5.67. The molecule has 2 nitrogen and oxygen atoms in total. The molecule has 1 N–H and O–H groups in total. The largest absolute Gasteiger partial charge is 0.359 e. The van der Waals surface area contributed by atoms with Crippen molar-refractivity contribution in [2.24, 2.45) is 5.92 Å². The van der Waals surface area contributed by atoms with Crippen LogP contribution >= 0.6 is 0 Å². The highest BCUT2D eigenvalue weighted by Crippen LogP contribution is 2.41. The van der Waals surface area contributed by atoms with Gasteiger partial charge in [0.05, 0.1) is 0 Å². The lowest BCUT2D eigenvalue weighted by atomic mass is 9.71. The highest BCUT2D eigenvalue weighted by atomic mass is 16.1. The smallest absolute Gasteiger partial charge is 0.140 e. The first-order chi connectivity index (χ1) is 9.28. The standard InChI is InChI=1S/C17H21NO/c1-2-16(19)17(12-5-3-6-12)13-7-4-8-15(11-13)18-14-9-10-14/h4,7-9,11-12,17-18H,2-3,5-6,10H2,1H3. The highest BCUT2D eigenvalue weighted by Gasteiger charge is 2.32. The van der Waals surface area contributed by atoms with Crippen LogP contribution in [0.5, 0.6) is 0 Å². The van der Waals surface area contributed by atoms with Gasteiger partial charge in [0.2, 0.25) is 0 Å². The molecule has 0 aromatic heterocycles. The molecule has 0 aliphatic heterocycles. The summed E-state index contributed by atoms with van der Waals surface area (Å²) >= 11 is 0. The van der Waals surface area contributed by atoms with Crippen LogP contribution in [0, 0.1) is 5.92 Å². The van der Waals surface area contributed by atoms with Crippen molar-refractivity contribution >= 4 is 11.5 Å². The first-order valence-corrected chi connectivity index (χ1v) is 7.36. The van der Waals surface area contributed by atoms with Gasteiger partial charge >= 0.3 is 0 Å². The molecule has 2 aliphatic rings. The van der Waals surface area contributed by atoms with E-state index in [9.17, 15) is 4.79 Å². The molecule has 2 heteroatoms. The topological polar surface area (TPSA) is 29.1 Å². The number of ketones is 1. The number of carbonyl (C=O) groups excluding carboxylic acids is 1. The summed E-state index contributed by atoms with van der Waals surface area (Å²) < 4.78 is 0. The number of benzene rings is 1. The Balaban J connectivity index is 1.83. The first-order valence-electron chi connectivity index (χ1n) is 7.36. The van der Waals surface area contributed by atoms with Gasteiger partial charge in [-0.3, -0.25) is 4.79 Å². The van der Waals surface area contributed by atoms with Gasteiger partial charge in [-0.2, -0.15) is 0 Å². The zero-order chi connectivity index (χ0) is 13.2. The molecule has 1 saturated carbocycles. The van der Waals surface area contributed by atoms with Crippen molar-refractivity contribution in [3.63, 3.8) is 0 Å².